The molecule has 0 aliphatic carbocycles. The number of esters is 1. The van der Waals surface area contributed by atoms with E-state index in [-0.39, 0.29) is 30.0 Å². The molecule has 150 valence electrons. The number of hydrogen-bond acceptors (Lipinski definition) is 6. The van der Waals surface area contributed by atoms with E-state index >= 15 is 0 Å². The first kappa shape index (κ1) is 20.2. The normalized spacial score (nSPS) is 16.2. The summed E-state index contributed by atoms with van der Waals surface area (Å²) >= 11 is 0. The Bertz CT molecular complexity index is 924. The third kappa shape index (κ3) is 4.63. The molecule has 8 heteroatoms. The number of benzene rings is 2. The summed E-state index contributed by atoms with van der Waals surface area (Å²) in [5, 5.41) is 0. The zero-order chi connectivity index (χ0) is 20.1. The zero-order valence-electron chi connectivity index (χ0n) is 15.8. The van der Waals surface area contributed by atoms with Crippen LogP contribution in [0.4, 0.5) is 0 Å². The molecule has 0 amide bonds. The van der Waals surface area contributed by atoms with Gasteiger partial charge in [-0.05, 0) is 42.3 Å². The number of carbonyl (C=O) groups excluding carboxylic acids is 1. The van der Waals surface area contributed by atoms with Crippen molar-refractivity contribution in [1.29, 1.82) is 0 Å². The smallest absolute Gasteiger partial charge is 0.312 e. The molecule has 0 radical (unpaired) electrons. The van der Waals surface area contributed by atoms with E-state index in [2.05, 4.69) is 0 Å². The van der Waals surface area contributed by atoms with Crippen LogP contribution in [0.1, 0.15) is 5.56 Å². The van der Waals surface area contributed by atoms with Crippen LogP contribution in [0, 0.1) is 5.92 Å². The summed E-state index contributed by atoms with van der Waals surface area (Å²) in [5.74, 6) is 0.675. The number of carbonyl (C=O) groups is 1. The Morgan fingerprint density at radius 1 is 1.11 bits per heavy atom. The third-order valence-corrected chi connectivity index (χ3v) is 6.24. The number of rotatable bonds is 7. The molecular weight excluding hydrogens is 382 g/mol. The summed E-state index contributed by atoms with van der Waals surface area (Å²) in [4.78, 5) is 12.4. The average molecular weight is 405 g/mol. The van der Waals surface area contributed by atoms with Crippen LogP contribution in [0.15, 0.2) is 53.4 Å². The molecule has 1 aliphatic rings. The minimum atomic E-state index is -3.47. The summed E-state index contributed by atoms with van der Waals surface area (Å²) in [7, 11) is -0.515. The molecule has 3 rings (SSSR count). The molecular formula is C20H23NO6S. The van der Waals surface area contributed by atoms with E-state index < -0.39 is 10.0 Å². The fraction of sp³-hybridized carbons (Fsp3) is 0.350. The van der Waals surface area contributed by atoms with E-state index in [1.54, 1.807) is 12.1 Å². The van der Waals surface area contributed by atoms with E-state index in [0.29, 0.717) is 18.8 Å². The van der Waals surface area contributed by atoms with Gasteiger partial charge in [-0.3, -0.25) is 4.79 Å². The monoisotopic (exact) mass is 405 g/mol. The molecule has 2 aromatic rings. The first-order chi connectivity index (χ1) is 13.4. The van der Waals surface area contributed by atoms with Gasteiger partial charge in [0.2, 0.25) is 10.0 Å². The average Bonchev–Trinajstić information content (AvgIpc) is 2.71. The topological polar surface area (TPSA) is 82.1 Å². The highest BCUT2D eigenvalue weighted by Gasteiger charge is 2.27. The van der Waals surface area contributed by atoms with Crippen molar-refractivity contribution < 1.29 is 27.4 Å². The van der Waals surface area contributed by atoms with Crippen LogP contribution in [0.25, 0.3) is 0 Å². The quantitative estimate of drug-likeness (QED) is 0.518. The van der Waals surface area contributed by atoms with Gasteiger partial charge in [-0.1, -0.05) is 18.2 Å². The lowest BCUT2D eigenvalue weighted by atomic mass is 9.97. The van der Waals surface area contributed by atoms with Crippen molar-refractivity contribution in [2.75, 3.05) is 33.9 Å². The minimum Gasteiger partial charge on any atom is -0.492 e. The highest BCUT2D eigenvalue weighted by Crippen LogP contribution is 2.27. The molecule has 2 aromatic carbocycles. The van der Waals surface area contributed by atoms with Crippen molar-refractivity contribution in [1.82, 2.24) is 4.31 Å². The maximum absolute atomic E-state index is 12.2. The molecule has 0 aromatic heterocycles. The van der Waals surface area contributed by atoms with Gasteiger partial charge in [0, 0.05) is 14.1 Å². The Morgan fingerprint density at radius 2 is 1.82 bits per heavy atom. The largest absolute Gasteiger partial charge is 0.492 e. The highest BCUT2D eigenvalue weighted by atomic mass is 32.2. The molecule has 7 nitrogen and oxygen atoms in total. The Balaban J connectivity index is 1.44. The van der Waals surface area contributed by atoms with E-state index in [4.69, 9.17) is 14.2 Å². The number of para-hydroxylation sites is 1. The predicted molar refractivity (Wildman–Crippen MR) is 103 cm³/mol. The second-order valence-corrected chi connectivity index (χ2v) is 8.75. The minimum absolute atomic E-state index is 0.106. The van der Waals surface area contributed by atoms with Crippen LogP contribution in [0.5, 0.6) is 11.5 Å². The Kier molecular flexibility index (Phi) is 6.21. The molecule has 0 N–H and O–H groups in total. The third-order valence-electron chi connectivity index (χ3n) is 4.41. The van der Waals surface area contributed by atoms with Crippen LogP contribution < -0.4 is 9.47 Å². The van der Waals surface area contributed by atoms with Crippen LogP contribution >= 0.6 is 0 Å². The predicted octanol–water partition coefficient (Wildman–Crippen LogP) is 2.11. The highest BCUT2D eigenvalue weighted by molar-refractivity contribution is 7.89. The van der Waals surface area contributed by atoms with Crippen molar-refractivity contribution in [2.24, 2.45) is 5.92 Å². The molecule has 0 bridgehead atoms. The summed E-state index contributed by atoms with van der Waals surface area (Å²) < 4.78 is 41.6. The number of nitrogens with zero attached hydrogens (tertiary/aromatic N) is 1. The standard InChI is InChI=1S/C20H23NO6S/c1-21(2)28(23,24)18-9-7-17(8-10-18)25-11-12-26-20(22)16-13-15-5-3-4-6-19(15)27-14-16/h3-10,16H,11-14H2,1-2H3/t16-/m1/s1. The first-order valence-corrected chi connectivity index (χ1v) is 10.3. The first-order valence-electron chi connectivity index (χ1n) is 8.90. The Morgan fingerprint density at radius 3 is 2.54 bits per heavy atom. The lowest BCUT2D eigenvalue weighted by Gasteiger charge is -2.23. The number of hydrogen-bond donors (Lipinski definition) is 0. The molecule has 1 aliphatic heterocycles. The van der Waals surface area contributed by atoms with Crippen molar-refractivity contribution in [3.05, 3.63) is 54.1 Å². The molecule has 1 heterocycles. The zero-order valence-corrected chi connectivity index (χ0v) is 16.6. The van der Waals surface area contributed by atoms with Crippen molar-refractivity contribution >= 4 is 16.0 Å². The second-order valence-electron chi connectivity index (χ2n) is 6.59. The molecule has 1 atom stereocenters. The lowest BCUT2D eigenvalue weighted by molar-refractivity contribution is -0.150. The number of fused-ring (bicyclic) bond motifs is 1. The Labute approximate surface area is 164 Å². The van der Waals surface area contributed by atoms with Crippen LogP contribution in [0.2, 0.25) is 0 Å². The summed E-state index contributed by atoms with van der Waals surface area (Å²) in [6.07, 6.45) is 0.595. The van der Waals surface area contributed by atoms with Gasteiger partial charge >= 0.3 is 5.97 Å². The fourth-order valence-corrected chi connectivity index (χ4v) is 3.72. The van der Waals surface area contributed by atoms with Gasteiger partial charge in [-0.2, -0.15) is 0 Å². The van der Waals surface area contributed by atoms with E-state index in [0.717, 1.165) is 15.6 Å². The van der Waals surface area contributed by atoms with E-state index in [9.17, 15) is 13.2 Å². The maximum Gasteiger partial charge on any atom is 0.312 e. The number of sulfonamides is 1. The van der Waals surface area contributed by atoms with Crippen LogP contribution in [-0.2, 0) is 26.0 Å². The fourth-order valence-electron chi connectivity index (χ4n) is 2.82. The van der Waals surface area contributed by atoms with Gasteiger partial charge in [0.1, 0.15) is 31.3 Å². The van der Waals surface area contributed by atoms with Crippen molar-refractivity contribution in [3.8, 4) is 11.5 Å². The SMILES string of the molecule is CN(C)S(=O)(=O)c1ccc(OCCOC(=O)[C@H]2COc3ccccc3C2)cc1. The van der Waals surface area contributed by atoms with E-state index in [1.165, 1.54) is 26.2 Å². The van der Waals surface area contributed by atoms with Gasteiger partial charge in [-0.25, -0.2) is 12.7 Å². The van der Waals surface area contributed by atoms with Crippen molar-refractivity contribution in [2.45, 2.75) is 11.3 Å². The van der Waals surface area contributed by atoms with Gasteiger partial charge in [0.25, 0.3) is 0 Å². The lowest BCUT2D eigenvalue weighted by Crippen LogP contribution is -2.30. The van der Waals surface area contributed by atoms with Gasteiger partial charge in [-0.15, -0.1) is 0 Å². The summed E-state index contributed by atoms with van der Waals surface area (Å²) in [5.41, 5.74) is 1.000. The molecule has 28 heavy (non-hydrogen) atoms. The molecule has 0 unspecified atom stereocenters. The summed E-state index contributed by atoms with van der Waals surface area (Å²) in [6.45, 7) is 0.586. The molecule has 0 saturated carbocycles. The van der Waals surface area contributed by atoms with Crippen LogP contribution in [0.3, 0.4) is 0 Å². The second kappa shape index (κ2) is 8.62. The van der Waals surface area contributed by atoms with Crippen molar-refractivity contribution in [3.63, 3.8) is 0 Å². The Hall–Kier alpha value is -2.58. The van der Waals surface area contributed by atoms with E-state index in [1.807, 2.05) is 24.3 Å². The number of ether oxygens (including phenoxy) is 3. The molecule has 0 fully saturated rings. The van der Waals surface area contributed by atoms with Crippen LogP contribution in [-0.4, -0.2) is 52.6 Å². The maximum atomic E-state index is 12.2. The van der Waals surface area contributed by atoms with Gasteiger partial charge < -0.3 is 14.2 Å². The molecule has 0 spiro atoms. The van der Waals surface area contributed by atoms with Gasteiger partial charge in [0.15, 0.2) is 0 Å². The van der Waals surface area contributed by atoms with Gasteiger partial charge in [0.05, 0.1) is 10.8 Å². The summed E-state index contributed by atoms with van der Waals surface area (Å²) in [6, 6.07) is 13.8. The molecule has 0 saturated heterocycles.